The van der Waals surface area contributed by atoms with E-state index >= 15 is 0 Å². The fraction of sp³-hybridized carbons (Fsp3) is 0.231. The predicted molar refractivity (Wildman–Crippen MR) is 58.4 cm³/mol. The first-order chi connectivity index (χ1) is 6.83. The molecule has 72 valence electrons. The number of fused-ring (bicyclic) bond motifs is 1. The third-order valence-corrected chi connectivity index (χ3v) is 2.78. The molecule has 1 aromatic rings. The summed E-state index contributed by atoms with van der Waals surface area (Å²) in [6.07, 6.45) is 5.40. The lowest BCUT2D eigenvalue weighted by Gasteiger charge is -2.09. The van der Waals surface area contributed by atoms with E-state index in [-0.39, 0.29) is 5.92 Å². The minimum Gasteiger partial charge on any atom is -0.512 e. The Hall–Kier alpha value is -1.50. The number of rotatable bonds is 2. The highest BCUT2D eigenvalue weighted by atomic mass is 16.3. The van der Waals surface area contributed by atoms with Crippen molar-refractivity contribution in [2.24, 2.45) is 0 Å². The van der Waals surface area contributed by atoms with Gasteiger partial charge in [-0.25, -0.2) is 0 Å². The monoisotopic (exact) mass is 186 g/mol. The number of allylic oxidation sites excluding steroid dienone is 3. The highest BCUT2D eigenvalue weighted by molar-refractivity contribution is 5.39. The molecular formula is C13H14O. The van der Waals surface area contributed by atoms with Crippen molar-refractivity contribution in [3.05, 3.63) is 59.9 Å². The summed E-state index contributed by atoms with van der Waals surface area (Å²) in [6.45, 7) is 3.59. The highest BCUT2D eigenvalue weighted by Gasteiger charge is 2.24. The van der Waals surface area contributed by atoms with Crippen LogP contribution in [0.1, 0.15) is 23.5 Å². The van der Waals surface area contributed by atoms with Crippen molar-refractivity contribution in [2.45, 2.75) is 18.8 Å². The molecule has 1 unspecified atom stereocenters. The molecule has 1 N–H and O–H groups in total. The van der Waals surface area contributed by atoms with Gasteiger partial charge in [0.05, 0.1) is 5.76 Å². The van der Waals surface area contributed by atoms with Crippen LogP contribution in [0.3, 0.4) is 0 Å². The van der Waals surface area contributed by atoms with E-state index in [1.54, 1.807) is 12.2 Å². The van der Waals surface area contributed by atoms with Gasteiger partial charge in [0.25, 0.3) is 0 Å². The fourth-order valence-electron chi connectivity index (χ4n) is 2.10. The molecule has 1 atom stereocenters. The van der Waals surface area contributed by atoms with Crippen LogP contribution < -0.4 is 0 Å². The summed E-state index contributed by atoms with van der Waals surface area (Å²) in [6, 6.07) is 8.31. The molecule has 1 aliphatic rings. The van der Waals surface area contributed by atoms with Crippen LogP contribution in [-0.4, -0.2) is 5.11 Å². The molecule has 1 aliphatic carbocycles. The zero-order chi connectivity index (χ0) is 9.97. The zero-order valence-corrected chi connectivity index (χ0v) is 8.11. The van der Waals surface area contributed by atoms with Gasteiger partial charge < -0.3 is 5.11 Å². The largest absolute Gasteiger partial charge is 0.512 e. The molecule has 0 heterocycles. The standard InChI is InChI=1S/C13H14O/c1-2-5-13(14)12-9-8-10-6-3-4-7-11(10)12/h2-7,12,14H,1,8-9H2/b13-5+. The Morgan fingerprint density at radius 1 is 1.43 bits per heavy atom. The maximum absolute atomic E-state index is 9.79. The molecule has 1 aromatic carbocycles. The number of hydrogen-bond acceptors (Lipinski definition) is 1. The molecule has 0 fully saturated rings. The van der Waals surface area contributed by atoms with Gasteiger partial charge in [-0.1, -0.05) is 36.9 Å². The molecular weight excluding hydrogens is 172 g/mol. The lowest BCUT2D eigenvalue weighted by Crippen LogP contribution is -1.96. The first kappa shape index (κ1) is 9.07. The molecule has 0 radical (unpaired) electrons. The van der Waals surface area contributed by atoms with E-state index in [4.69, 9.17) is 0 Å². The fourth-order valence-corrected chi connectivity index (χ4v) is 2.10. The Kier molecular flexibility index (Phi) is 2.40. The number of aliphatic hydroxyl groups excluding tert-OH is 1. The lowest BCUT2D eigenvalue weighted by atomic mass is 9.99. The van der Waals surface area contributed by atoms with Gasteiger partial charge in [-0.15, -0.1) is 0 Å². The van der Waals surface area contributed by atoms with E-state index < -0.39 is 0 Å². The Balaban J connectivity index is 2.34. The van der Waals surface area contributed by atoms with Crippen molar-refractivity contribution in [2.75, 3.05) is 0 Å². The molecule has 0 spiro atoms. The minimum atomic E-state index is 0.184. The summed E-state index contributed by atoms with van der Waals surface area (Å²) in [5.41, 5.74) is 2.63. The highest BCUT2D eigenvalue weighted by Crippen LogP contribution is 2.36. The minimum absolute atomic E-state index is 0.184. The molecule has 1 heteroatoms. The second-order valence-electron chi connectivity index (χ2n) is 3.62. The van der Waals surface area contributed by atoms with E-state index in [1.165, 1.54) is 11.1 Å². The Labute approximate surface area is 84.4 Å². The van der Waals surface area contributed by atoms with Crippen LogP contribution in [0.25, 0.3) is 0 Å². The van der Waals surface area contributed by atoms with Crippen LogP contribution >= 0.6 is 0 Å². The van der Waals surface area contributed by atoms with E-state index in [9.17, 15) is 5.11 Å². The van der Waals surface area contributed by atoms with Crippen molar-refractivity contribution in [3.63, 3.8) is 0 Å². The molecule has 0 saturated carbocycles. The van der Waals surface area contributed by atoms with Crippen LogP contribution in [0.2, 0.25) is 0 Å². The maximum atomic E-state index is 9.79. The number of aliphatic hydroxyl groups is 1. The zero-order valence-electron chi connectivity index (χ0n) is 8.11. The molecule has 1 nitrogen and oxygen atoms in total. The average Bonchev–Trinajstić information content (AvgIpc) is 2.61. The predicted octanol–water partition coefficient (Wildman–Crippen LogP) is 3.34. The van der Waals surface area contributed by atoms with Crippen molar-refractivity contribution < 1.29 is 5.11 Å². The van der Waals surface area contributed by atoms with Crippen molar-refractivity contribution in [1.29, 1.82) is 0 Å². The second-order valence-corrected chi connectivity index (χ2v) is 3.62. The Morgan fingerprint density at radius 2 is 2.21 bits per heavy atom. The summed E-state index contributed by atoms with van der Waals surface area (Å²) in [5.74, 6) is 0.620. The van der Waals surface area contributed by atoms with Gasteiger partial charge >= 0.3 is 0 Å². The van der Waals surface area contributed by atoms with Gasteiger partial charge in [-0.3, -0.25) is 0 Å². The van der Waals surface area contributed by atoms with Crippen LogP contribution in [0.15, 0.2) is 48.8 Å². The Bertz CT molecular complexity index is 377. The molecule has 0 bridgehead atoms. The van der Waals surface area contributed by atoms with E-state index in [0.717, 1.165) is 12.8 Å². The van der Waals surface area contributed by atoms with Crippen LogP contribution in [-0.2, 0) is 6.42 Å². The number of benzene rings is 1. The third-order valence-electron chi connectivity index (χ3n) is 2.78. The summed E-state index contributed by atoms with van der Waals surface area (Å²) < 4.78 is 0. The van der Waals surface area contributed by atoms with Crippen molar-refractivity contribution in [1.82, 2.24) is 0 Å². The summed E-state index contributed by atoms with van der Waals surface area (Å²) in [5, 5.41) is 9.79. The van der Waals surface area contributed by atoms with Crippen molar-refractivity contribution >= 4 is 0 Å². The van der Waals surface area contributed by atoms with Gasteiger partial charge in [-0.05, 0) is 30.0 Å². The van der Waals surface area contributed by atoms with Crippen LogP contribution in [0, 0.1) is 0 Å². The van der Waals surface area contributed by atoms with E-state index in [1.807, 2.05) is 6.07 Å². The van der Waals surface area contributed by atoms with E-state index in [0.29, 0.717) is 5.76 Å². The first-order valence-electron chi connectivity index (χ1n) is 4.92. The lowest BCUT2D eigenvalue weighted by molar-refractivity contribution is 0.366. The van der Waals surface area contributed by atoms with Gasteiger partial charge in [0, 0.05) is 5.92 Å². The molecule has 14 heavy (non-hydrogen) atoms. The van der Waals surface area contributed by atoms with Gasteiger partial charge in [0.15, 0.2) is 0 Å². The Morgan fingerprint density at radius 3 is 3.00 bits per heavy atom. The molecule has 0 saturated heterocycles. The summed E-state index contributed by atoms with van der Waals surface area (Å²) >= 11 is 0. The number of aryl methyl sites for hydroxylation is 1. The average molecular weight is 186 g/mol. The SMILES string of the molecule is C=C/C=C(/O)C1CCc2ccccc21. The molecule has 2 rings (SSSR count). The normalized spacial score (nSPS) is 20.6. The van der Waals surface area contributed by atoms with Crippen molar-refractivity contribution in [3.8, 4) is 0 Å². The van der Waals surface area contributed by atoms with Gasteiger partial charge in [0.2, 0.25) is 0 Å². The van der Waals surface area contributed by atoms with E-state index in [2.05, 4.69) is 24.8 Å². The molecule has 0 aliphatic heterocycles. The molecule has 0 amide bonds. The smallest absolute Gasteiger partial charge is 0.0997 e. The van der Waals surface area contributed by atoms with Crippen LogP contribution in [0.5, 0.6) is 0 Å². The second kappa shape index (κ2) is 3.70. The summed E-state index contributed by atoms with van der Waals surface area (Å²) in [4.78, 5) is 0. The third kappa shape index (κ3) is 1.46. The van der Waals surface area contributed by atoms with Gasteiger partial charge in [0.1, 0.15) is 0 Å². The van der Waals surface area contributed by atoms with Crippen LogP contribution in [0.4, 0.5) is 0 Å². The number of hydrogen-bond donors (Lipinski definition) is 1. The topological polar surface area (TPSA) is 20.2 Å². The summed E-state index contributed by atoms with van der Waals surface area (Å²) in [7, 11) is 0. The first-order valence-corrected chi connectivity index (χ1v) is 4.92. The quantitative estimate of drug-likeness (QED) is 0.554. The maximum Gasteiger partial charge on any atom is 0.0997 e. The molecule has 0 aromatic heterocycles. The van der Waals surface area contributed by atoms with Gasteiger partial charge in [-0.2, -0.15) is 0 Å².